The Labute approximate surface area is 149 Å². The number of primary amides is 2. The number of aryl methyl sites for hydroxylation is 1. The normalized spacial score (nSPS) is 10.5. The highest BCUT2D eigenvalue weighted by molar-refractivity contribution is 5.96. The molecule has 6 nitrogen and oxygen atoms in total. The molecule has 3 rings (SSSR count). The van der Waals surface area contributed by atoms with E-state index in [1.54, 1.807) is 55.5 Å². The summed E-state index contributed by atoms with van der Waals surface area (Å²) in [6.45, 7) is 1.70. The Bertz CT molecular complexity index is 1080. The molecule has 2 aromatic carbocycles. The van der Waals surface area contributed by atoms with Crippen LogP contribution in [0.1, 0.15) is 26.3 Å². The minimum atomic E-state index is -0.557. The summed E-state index contributed by atoms with van der Waals surface area (Å²) in [5.74, 6) is -1.09. The topological polar surface area (TPSA) is 119 Å². The first kappa shape index (κ1) is 17.2. The van der Waals surface area contributed by atoms with E-state index < -0.39 is 11.8 Å². The molecule has 0 aliphatic rings. The van der Waals surface area contributed by atoms with Crippen LogP contribution < -0.4 is 17.0 Å². The summed E-state index contributed by atoms with van der Waals surface area (Å²) in [6.07, 6.45) is 0. The second kappa shape index (κ2) is 6.68. The molecule has 26 heavy (non-hydrogen) atoms. The number of rotatable bonds is 4. The van der Waals surface area contributed by atoms with Gasteiger partial charge in [-0.3, -0.25) is 14.4 Å². The number of hydrogen-bond donors (Lipinski definition) is 3. The third-order valence-electron chi connectivity index (χ3n) is 4.12. The van der Waals surface area contributed by atoms with Crippen molar-refractivity contribution in [3.05, 3.63) is 81.6 Å². The van der Waals surface area contributed by atoms with Crippen molar-refractivity contribution in [2.75, 3.05) is 0 Å². The minimum absolute atomic E-state index is 0.237. The van der Waals surface area contributed by atoms with Gasteiger partial charge in [-0.15, -0.1) is 0 Å². The maximum absolute atomic E-state index is 12.2. The Morgan fingerprint density at radius 2 is 1.38 bits per heavy atom. The molecule has 1 heterocycles. The largest absolute Gasteiger partial charge is 0.366 e. The first-order chi connectivity index (χ1) is 12.4. The van der Waals surface area contributed by atoms with Crippen molar-refractivity contribution >= 4 is 11.8 Å². The number of benzene rings is 2. The van der Waals surface area contributed by atoms with Gasteiger partial charge in [0.15, 0.2) is 0 Å². The summed E-state index contributed by atoms with van der Waals surface area (Å²) in [4.78, 5) is 38.0. The summed E-state index contributed by atoms with van der Waals surface area (Å²) < 4.78 is 0. The van der Waals surface area contributed by atoms with Crippen LogP contribution in [0.15, 0.2) is 59.4 Å². The molecule has 0 fully saturated rings. The van der Waals surface area contributed by atoms with Gasteiger partial charge in [-0.2, -0.15) is 0 Å². The lowest BCUT2D eigenvalue weighted by Gasteiger charge is -2.12. The van der Waals surface area contributed by atoms with Crippen LogP contribution >= 0.6 is 0 Å². The third kappa shape index (κ3) is 3.25. The minimum Gasteiger partial charge on any atom is -0.366 e. The molecule has 0 unspecified atom stereocenters. The van der Waals surface area contributed by atoms with E-state index in [0.717, 1.165) is 5.56 Å². The Hall–Kier alpha value is -3.67. The number of carbonyl (C=O) groups is 2. The average molecular weight is 347 g/mol. The van der Waals surface area contributed by atoms with Crippen molar-refractivity contribution in [2.24, 2.45) is 11.5 Å². The molecule has 0 atom stereocenters. The molecular formula is C20H17N3O3. The SMILES string of the molecule is Cc1cc(-c2cccc(C(N)=O)c2)c(-c2cccc(C(N)=O)c2)[nH]c1=O. The van der Waals surface area contributed by atoms with Crippen LogP contribution in [-0.2, 0) is 0 Å². The zero-order chi connectivity index (χ0) is 18.8. The molecule has 0 saturated carbocycles. The van der Waals surface area contributed by atoms with E-state index in [1.165, 1.54) is 0 Å². The van der Waals surface area contributed by atoms with E-state index >= 15 is 0 Å². The van der Waals surface area contributed by atoms with Gasteiger partial charge in [-0.25, -0.2) is 0 Å². The molecule has 5 N–H and O–H groups in total. The van der Waals surface area contributed by atoms with Gasteiger partial charge in [0.2, 0.25) is 11.8 Å². The molecule has 0 aliphatic carbocycles. The van der Waals surface area contributed by atoms with Crippen LogP contribution in [0, 0.1) is 6.92 Å². The van der Waals surface area contributed by atoms with E-state index in [1.807, 2.05) is 6.07 Å². The Balaban J connectivity index is 2.27. The third-order valence-corrected chi connectivity index (χ3v) is 4.12. The van der Waals surface area contributed by atoms with Gasteiger partial charge < -0.3 is 16.5 Å². The van der Waals surface area contributed by atoms with Crippen molar-refractivity contribution in [1.82, 2.24) is 4.98 Å². The summed E-state index contributed by atoms with van der Waals surface area (Å²) in [7, 11) is 0. The van der Waals surface area contributed by atoms with E-state index in [9.17, 15) is 14.4 Å². The molecule has 130 valence electrons. The van der Waals surface area contributed by atoms with E-state index in [2.05, 4.69) is 4.98 Å². The number of aromatic amines is 1. The van der Waals surface area contributed by atoms with Gasteiger partial charge in [0, 0.05) is 22.3 Å². The van der Waals surface area contributed by atoms with Crippen molar-refractivity contribution in [3.8, 4) is 22.4 Å². The van der Waals surface area contributed by atoms with Gasteiger partial charge in [-0.05, 0) is 48.4 Å². The lowest BCUT2D eigenvalue weighted by Crippen LogP contribution is -2.13. The maximum Gasteiger partial charge on any atom is 0.251 e. The number of pyridine rings is 1. The Kier molecular flexibility index (Phi) is 4.41. The fourth-order valence-electron chi connectivity index (χ4n) is 2.76. The van der Waals surface area contributed by atoms with Gasteiger partial charge in [0.1, 0.15) is 0 Å². The number of amides is 2. The summed E-state index contributed by atoms with van der Waals surface area (Å²) in [6, 6.07) is 15.3. The highest BCUT2D eigenvalue weighted by Crippen LogP contribution is 2.31. The Morgan fingerprint density at radius 1 is 0.846 bits per heavy atom. The predicted octanol–water partition coefficient (Wildman–Crippen LogP) is 2.22. The molecule has 0 saturated heterocycles. The van der Waals surface area contributed by atoms with Crippen LogP contribution in [0.3, 0.4) is 0 Å². The van der Waals surface area contributed by atoms with Crippen LogP contribution in [0.25, 0.3) is 22.4 Å². The lowest BCUT2D eigenvalue weighted by atomic mass is 9.96. The van der Waals surface area contributed by atoms with E-state index in [-0.39, 0.29) is 5.56 Å². The van der Waals surface area contributed by atoms with Crippen LogP contribution in [0.5, 0.6) is 0 Å². The van der Waals surface area contributed by atoms with Crippen LogP contribution in [0.4, 0.5) is 0 Å². The fourth-order valence-corrected chi connectivity index (χ4v) is 2.76. The quantitative estimate of drug-likeness (QED) is 0.671. The number of nitrogens with two attached hydrogens (primary N) is 2. The first-order valence-electron chi connectivity index (χ1n) is 7.91. The van der Waals surface area contributed by atoms with Gasteiger partial charge in [0.05, 0.1) is 5.69 Å². The molecule has 6 heteroatoms. The molecule has 0 aliphatic heterocycles. The molecule has 3 aromatic rings. The van der Waals surface area contributed by atoms with Crippen molar-refractivity contribution in [1.29, 1.82) is 0 Å². The van der Waals surface area contributed by atoms with E-state index in [4.69, 9.17) is 11.5 Å². The molecule has 2 amide bonds. The molecule has 0 bridgehead atoms. The molecule has 0 spiro atoms. The Morgan fingerprint density at radius 3 is 1.96 bits per heavy atom. The number of carbonyl (C=O) groups excluding carboxylic acids is 2. The molecule has 1 aromatic heterocycles. The summed E-state index contributed by atoms with van der Waals surface area (Å²) in [5.41, 5.74) is 14.3. The standard InChI is InChI=1S/C20H17N3O3/c1-11-8-16(12-4-2-6-14(9-12)18(21)24)17(23-20(11)26)13-5-3-7-15(10-13)19(22)25/h2-10H,1H3,(H2,21,24)(H2,22,25)(H,23,26). The number of H-pyrrole nitrogens is 1. The van der Waals surface area contributed by atoms with Gasteiger partial charge >= 0.3 is 0 Å². The van der Waals surface area contributed by atoms with Crippen molar-refractivity contribution < 1.29 is 9.59 Å². The highest BCUT2D eigenvalue weighted by atomic mass is 16.1. The van der Waals surface area contributed by atoms with Gasteiger partial charge in [-0.1, -0.05) is 24.3 Å². The highest BCUT2D eigenvalue weighted by Gasteiger charge is 2.13. The second-order valence-electron chi connectivity index (χ2n) is 5.96. The second-order valence-corrected chi connectivity index (χ2v) is 5.96. The zero-order valence-corrected chi connectivity index (χ0v) is 14.1. The zero-order valence-electron chi connectivity index (χ0n) is 14.1. The van der Waals surface area contributed by atoms with Crippen molar-refractivity contribution in [2.45, 2.75) is 6.92 Å². The summed E-state index contributed by atoms with van der Waals surface area (Å²) in [5, 5.41) is 0. The first-order valence-corrected chi connectivity index (χ1v) is 7.91. The number of hydrogen-bond acceptors (Lipinski definition) is 3. The fraction of sp³-hybridized carbons (Fsp3) is 0.0500. The average Bonchev–Trinajstić information content (AvgIpc) is 2.63. The number of nitrogens with one attached hydrogen (secondary N) is 1. The number of aromatic nitrogens is 1. The monoisotopic (exact) mass is 347 g/mol. The summed E-state index contributed by atoms with van der Waals surface area (Å²) >= 11 is 0. The molecular weight excluding hydrogens is 330 g/mol. The van der Waals surface area contributed by atoms with Gasteiger partial charge in [0.25, 0.3) is 5.56 Å². The smallest absolute Gasteiger partial charge is 0.251 e. The predicted molar refractivity (Wildman–Crippen MR) is 99.7 cm³/mol. The van der Waals surface area contributed by atoms with Crippen molar-refractivity contribution in [3.63, 3.8) is 0 Å². The van der Waals surface area contributed by atoms with Crippen LogP contribution in [-0.4, -0.2) is 16.8 Å². The van der Waals surface area contributed by atoms with E-state index in [0.29, 0.717) is 33.5 Å². The van der Waals surface area contributed by atoms with Crippen LogP contribution in [0.2, 0.25) is 0 Å². The molecule has 0 radical (unpaired) electrons. The maximum atomic E-state index is 12.2. The lowest BCUT2D eigenvalue weighted by molar-refractivity contribution is 0.0992.